The van der Waals surface area contributed by atoms with Gasteiger partial charge < -0.3 is 15.4 Å². The van der Waals surface area contributed by atoms with Crippen molar-refractivity contribution < 1.29 is 9.53 Å². The summed E-state index contributed by atoms with van der Waals surface area (Å²) in [6.07, 6.45) is 2.18. The SMILES string of the molecule is CNCCC(=O)NCc1ccc(OC)nc1. The van der Waals surface area contributed by atoms with E-state index in [4.69, 9.17) is 4.74 Å². The molecule has 5 nitrogen and oxygen atoms in total. The molecule has 0 saturated carbocycles. The quantitative estimate of drug-likeness (QED) is 0.729. The number of nitrogens with one attached hydrogen (secondary N) is 2. The molecule has 0 aliphatic heterocycles. The van der Waals surface area contributed by atoms with Gasteiger partial charge in [0.15, 0.2) is 0 Å². The Labute approximate surface area is 95.2 Å². The fourth-order valence-electron chi connectivity index (χ4n) is 1.16. The Balaban J connectivity index is 2.33. The fraction of sp³-hybridized carbons (Fsp3) is 0.455. The van der Waals surface area contributed by atoms with Crippen LogP contribution in [0.2, 0.25) is 0 Å². The van der Waals surface area contributed by atoms with E-state index in [0.29, 0.717) is 25.4 Å². The number of ether oxygens (including phenoxy) is 1. The van der Waals surface area contributed by atoms with Gasteiger partial charge in [0.25, 0.3) is 0 Å². The molecule has 0 spiro atoms. The first-order chi connectivity index (χ1) is 7.76. The molecule has 1 rings (SSSR count). The summed E-state index contributed by atoms with van der Waals surface area (Å²) in [5.74, 6) is 0.607. The Hall–Kier alpha value is -1.62. The zero-order valence-corrected chi connectivity index (χ0v) is 9.62. The van der Waals surface area contributed by atoms with Crippen molar-refractivity contribution in [2.24, 2.45) is 0 Å². The zero-order chi connectivity index (χ0) is 11.8. The molecule has 0 aromatic carbocycles. The van der Waals surface area contributed by atoms with E-state index < -0.39 is 0 Å². The van der Waals surface area contributed by atoms with E-state index in [9.17, 15) is 4.79 Å². The molecule has 88 valence electrons. The van der Waals surface area contributed by atoms with Crippen molar-refractivity contribution >= 4 is 5.91 Å². The van der Waals surface area contributed by atoms with Crippen LogP contribution in [0, 0.1) is 0 Å². The monoisotopic (exact) mass is 223 g/mol. The van der Waals surface area contributed by atoms with Gasteiger partial charge in [-0.3, -0.25) is 4.79 Å². The summed E-state index contributed by atoms with van der Waals surface area (Å²) in [7, 11) is 3.39. The van der Waals surface area contributed by atoms with E-state index >= 15 is 0 Å². The lowest BCUT2D eigenvalue weighted by molar-refractivity contribution is -0.121. The highest BCUT2D eigenvalue weighted by molar-refractivity contribution is 5.76. The van der Waals surface area contributed by atoms with Gasteiger partial charge in [-0.2, -0.15) is 0 Å². The summed E-state index contributed by atoms with van der Waals surface area (Å²) < 4.78 is 4.94. The number of carbonyl (C=O) groups excluding carboxylic acids is 1. The van der Waals surface area contributed by atoms with E-state index in [1.165, 1.54) is 0 Å². The van der Waals surface area contributed by atoms with Crippen molar-refractivity contribution in [1.82, 2.24) is 15.6 Å². The van der Waals surface area contributed by atoms with Gasteiger partial charge in [-0.25, -0.2) is 4.98 Å². The largest absolute Gasteiger partial charge is 0.481 e. The molecule has 2 N–H and O–H groups in total. The molecule has 0 fully saturated rings. The summed E-state index contributed by atoms with van der Waals surface area (Å²) in [5, 5.41) is 5.73. The minimum atomic E-state index is 0.0326. The van der Waals surface area contributed by atoms with Gasteiger partial charge in [0.1, 0.15) is 0 Å². The van der Waals surface area contributed by atoms with Crippen LogP contribution in [0.3, 0.4) is 0 Å². The second-order valence-corrected chi connectivity index (χ2v) is 3.34. The van der Waals surface area contributed by atoms with E-state index in [2.05, 4.69) is 15.6 Å². The molecule has 0 aliphatic carbocycles. The Morgan fingerprint density at radius 3 is 2.88 bits per heavy atom. The Bertz CT molecular complexity index is 325. The zero-order valence-electron chi connectivity index (χ0n) is 9.62. The fourth-order valence-corrected chi connectivity index (χ4v) is 1.16. The third kappa shape index (κ3) is 4.27. The maximum Gasteiger partial charge on any atom is 0.221 e. The first-order valence-electron chi connectivity index (χ1n) is 5.16. The number of carbonyl (C=O) groups is 1. The normalized spacial score (nSPS) is 9.88. The van der Waals surface area contributed by atoms with Gasteiger partial charge in [0.05, 0.1) is 7.11 Å². The van der Waals surface area contributed by atoms with Crippen LogP contribution < -0.4 is 15.4 Å². The highest BCUT2D eigenvalue weighted by Crippen LogP contribution is 2.06. The number of hydrogen-bond donors (Lipinski definition) is 2. The van der Waals surface area contributed by atoms with Crippen LogP contribution in [0.1, 0.15) is 12.0 Å². The Morgan fingerprint density at radius 2 is 2.31 bits per heavy atom. The molecule has 1 amide bonds. The predicted octanol–water partition coefficient (Wildman–Crippen LogP) is 0.316. The van der Waals surface area contributed by atoms with Crippen LogP contribution in [-0.4, -0.2) is 31.6 Å². The maximum absolute atomic E-state index is 11.3. The van der Waals surface area contributed by atoms with E-state index in [0.717, 1.165) is 5.56 Å². The van der Waals surface area contributed by atoms with E-state index in [1.807, 2.05) is 13.1 Å². The average molecular weight is 223 g/mol. The molecule has 1 aromatic heterocycles. The molecule has 0 atom stereocenters. The minimum absolute atomic E-state index is 0.0326. The molecule has 1 heterocycles. The van der Waals surface area contributed by atoms with E-state index in [-0.39, 0.29) is 5.91 Å². The van der Waals surface area contributed by atoms with Crippen LogP contribution in [0.15, 0.2) is 18.3 Å². The van der Waals surface area contributed by atoms with Crippen LogP contribution in [-0.2, 0) is 11.3 Å². The molecule has 16 heavy (non-hydrogen) atoms. The molecule has 0 radical (unpaired) electrons. The second-order valence-electron chi connectivity index (χ2n) is 3.34. The van der Waals surface area contributed by atoms with Crippen LogP contribution in [0.4, 0.5) is 0 Å². The van der Waals surface area contributed by atoms with Gasteiger partial charge in [-0.05, 0) is 12.6 Å². The molecule has 0 aliphatic rings. The summed E-state index contributed by atoms with van der Waals surface area (Å²) in [6.45, 7) is 1.19. The molecule has 0 bridgehead atoms. The lowest BCUT2D eigenvalue weighted by atomic mass is 10.3. The number of aromatic nitrogens is 1. The van der Waals surface area contributed by atoms with Gasteiger partial charge >= 0.3 is 0 Å². The number of nitrogens with zero attached hydrogens (tertiary/aromatic N) is 1. The van der Waals surface area contributed by atoms with Crippen molar-refractivity contribution in [3.63, 3.8) is 0 Å². The standard InChI is InChI=1S/C11H17N3O2/c1-12-6-5-10(15)13-7-9-3-4-11(16-2)14-8-9/h3-4,8,12H,5-7H2,1-2H3,(H,13,15). The predicted molar refractivity (Wildman–Crippen MR) is 61.2 cm³/mol. The number of pyridine rings is 1. The number of rotatable bonds is 6. The first-order valence-corrected chi connectivity index (χ1v) is 5.16. The summed E-state index contributed by atoms with van der Waals surface area (Å²) in [5.41, 5.74) is 0.957. The number of amides is 1. The topological polar surface area (TPSA) is 63.2 Å². The maximum atomic E-state index is 11.3. The van der Waals surface area contributed by atoms with Gasteiger partial charge in [-0.15, -0.1) is 0 Å². The molecular formula is C11H17N3O2. The summed E-state index contributed by atoms with van der Waals surface area (Å²) in [4.78, 5) is 15.4. The van der Waals surface area contributed by atoms with Crippen molar-refractivity contribution in [3.05, 3.63) is 23.9 Å². The Morgan fingerprint density at radius 1 is 1.50 bits per heavy atom. The second kappa shape index (κ2) is 6.79. The van der Waals surface area contributed by atoms with Gasteiger partial charge in [-0.1, -0.05) is 6.07 Å². The summed E-state index contributed by atoms with van der Waals surface area (Å²) >= 11 is 0. The molecule has 0 saturated heterocycles. The molecular weight excluding hydrogens is 206 g/mol. The number of methoxy groups -OCH3 is 1. The van der Waals surface area contributed by atoms with Crippen molar-refractivity contribution in [3.8, 4) is 5.88 Å². The molecule has 5 heteroatoms. The third-order valence-electron chi connectivity index (χ3n) is 2.10. The molecule has 1 aromatic rings. The van der Waals surface area contributed by atoms with Crippen molar-refractivity contribution in [1.29, 1.82) is 0 Å². The molecule has 0 unspecified atom stereocenters. The third-order valence-corrected chi connectivity index (χ3v) is 2.10. The van der Waals surface area contributed by atoms with Gasteiger partial charge in [0, 0.05) is 31.8 Å². The average Bonchev–Trinajstić information content (AvgIpc) is 2.34. The highest BCUT2D eigenvalue weighted by atomic mass is 16.5. The van der Waals surface area contributed by atoms with Crippen LogP contribution >= 0.6 is 0 Å². The minimum Gasteiger partial charge on any atom is -0.481 e. The summed E-state index contributed by atoms with van der Waals surface area (Å²) in [6, 6.07) is 3.65. The number of hydrogen-bond acceptors (Lipinski definition) is 4. The van der Waals surface area contributed by atoms with Crippen molar-refractivity contribution in [2.75, 3.05) is 20.7 Å². The van der Waals surface area contributed by atoms with Crippen molar-refractivity contribution in [2.45, 2.75) is 13.0 Å². The van der Waals surface area contributed by atoms with E-state index in [1.54, 1.807) is 19.4 Å². The highest BCUT2D eigenvalue weighted by Gasteiger charge is 2.00. The first kappa shape index (κ1) is 12.4. The van der Waals surface area contributed by atoms with Gasteiger partial charge in [0.2, 0.25) is 11.8 Å². The smallest absolute Gasteiger partial charge is 0.221 e. The van der Waals surface area contributed by atoms with Crippen LogP contribution in [0.5, 0.6) is 5.88 Å². The Kier molecular flexibility index (Phi) is 5.28. The lowest BCUT2D eigenvalue weighted by Crippen LogP contribution is -2.26. The lowest BCUT2D eigenvalue weighted by Gasteiger charge is -2.05. The van der Waals surface area contributed by atoms with Crippen LogP contribution in [0.25, 0.3) is 0 Å².